The number of aliphatic carboxylic acids is 1. The maximum atomic E-state index is 13.7. The maximum Gasteiger partial charge on any atom is 0.306 e. The number of amides is 1. The van der Waals surface area contributed by atoms with Gasteiger partial charge in [-0.25, -0.2) is 4.39 Å². The molecule has 2 aromatic carbocycles. The number of rotatable bonds is 9. The standard InChI is InChI=1S/C21H22FNO5/c1-13(21(26)27)11-14-3-6-16(7-4-14)23-20(25)10-8-18(24)15-5-9-19(28-2)17(22)12-15/h3-7,9,12-13H,8,10-11H2,1-2H3,(H,23,25)(H,26,27). The number of hydrogen-bond acceptors (Lipinski definition) is 4. The number of hydrogen-bond donors (Lipinski definition) is 2. The van der Waals surface area contributed by atoms with E-state index in [1.54, 1.807) is 31.2 Å². The quantitative estimate of drug-likeness (QED) is 0.640. The lowest BCUT2D eigenvalue weighted by molar-refractivity contribution is -0.141. The first kappa shape index (κ1) is 21.1. The molecule has 0 heterocycles. The van der Waals surface area contributed by atoms with Gasteiger partial charge >= 0.3 is 5.97 Å². The van der Waals surface area contributed by atoms with Gasteiger partial charge in [-0.3, -0.25) is 14.4 Å². The number of Topliss-reactive ketones (excluding diaryl/α,β-unsaturated/α-hetero) is 1. The van der Waals surface area contributed by atoms with Crippen molar-refractivity contribution in [3.8, 4) is 5.75 Å². The van der Waals surface area contributed by atoms with Crippen LogP contribution in [0.4, 0.5) is 10.1 Å². The van der Waals surface area contributed by atoms with Crippen molar-refractivity contribution in [1.29, 1.82) is 0 Å². The van der Waals surface area contributed by atoms with E-state index in [2.05, 4.69) is 5.32 Å². The molecule has 1 unspecified atom stereocenters. The van der Waals surface area contributed by atoms with Gasteiger partial charge in [0.1, 0.15) is 0 Å². The van der Waals surface area contributed by atoms with E-state index in [1.807, 2.05) is 0 Å². The van der Waals surface area contributed by atoms with Gasteiger partial charge in [-0.2, -0.15) is 0 Å². The van der Waals surface area contributed by atoms with Crippen LogP contribution in [0, 0.1) is 11.7 Å². The third-order valence-corrected chi connectivity index (χ3v) is 4.25. The number of halogens is 1. The van der Waals surface area contributed by atoms with Crippen molar-refractivity contribution < 1.29 is 28.6 Å². The summed E-state index contributed by atoms with van der Waals surface area (Å²) in [5, 5.41) is 11.6. The molecule has 0 radical (unpaired) electrons. The van der Waals surface area contributed by atoms with E-state index >= 15 is 0 Å². The maximum absolute atomic E-state index is 13.7. The summed E-state index contributed by atoms with van der Waals surface area (Å²) in [6.45, 7) is 1.63. The van der Waals surface area contributed by atoms with E-state index in [0.29, 0.717) is 12.1 Å². The number of ether oxygens (including phenoxy) is 1. The van der Waals surface area contributed by atoms with Crippen LogP contribution in [0.25, 0.3) is 0 Å². The Balaban J connectivity index is 1.86. The lowest BCUT2D eigenvalue weighted by Gasteiger charge is -2.09. The minimum atomic E-state index is -0.862. The lowest BCUT2D eigenvalue weighted by Crippen LogP contribution is -2.14. The van der Waals surface area contributed by atoms with Gasteiger partial charge in [-0.15, -0.1) is 0 Å². The molecule has 6 nitrogen and oxygen atoms in total. The van der Waals surface area contributed by atoms with E-state index in [4.69, 9.17) is 9.84 Å². The van der Waals surface area contributed by atoms with Crippen LogP contribution in [0.1, 0.15) is 35.7 Å². The molecule has 0 saturated carbocycles. The highest BCUT2D eigenvalue weighted by molar-refractivity contribution is 6.00. The van der Waals surface area contributed by atoms with E-state index in [9.17, 15) is 18.8 Å². The summed E-state index contributed by atoms with van der Waals surface area (Å²) in [6.07, 6.45) is 0.312. The Morgan fingerprint density at radius 2 is 1.79 bits per heavy atom. The minimum Gasteiger partial charge on any atom is -0.494 e. The van der Waals surface area contributed by atoms with E-state index < -0.39 is 17.7 Å². The average molecular weight is 387 g/mol. The summed E-state index contributed by atoms with van der Waals surface area (Å²) in [7, 11) is 1.34. The predicted molar refractivity (Wildman–Crippen MR) is 102 cm³/mol. The Labute approximate surface area is 162 Å². The van der Waals surface area contributed by atoms with Crippen molar-refractivity contribution in [2.45, 2.75) is 26.2 Å². The van der Waals surface area contributed by atoms with Crippen LogP contribution in [0.15, 0.2) is 42.5 Å². The second kappa shape index (κ2) is 9.64. The zero-order valence-electron chi connectivity index (χ0n) is 15.7. The predicted octanol–water partition coefficient (Wildman–Crippen LogP) is 3.70. The number of anilines is 1. The average Bonchev–Trinajstić information content (AvgIpc) is 2.67. The molecular formula is C21H22FNO5. The van der Waals surface area contributed by atoms with Crippen LogP contribution >= 0.6 is 0 Å². The SMILES string of the molecule is COc1ccc(C(=O)CCC(=O)Nc2ccc(CC(C)C(=O)O)cc2)cc1F. The second-order valence-corrected chi connectivity index (χ2v) is 6.46. The zero-order chi connectivity index (χ0) is 20.7. The topological polar surface area (TPSA) is 92.7 Å². The van der Waals surface area contributed by atoms with E-state index in [0.717, 1.165) is 11.6 Å². The number of carbonyl (C=O) groups excluding carboxylic acids is 2. The molecule has 2 rings (SSSR count). The first-order chi connectivity index (χ1) is 13.3. The summed E-state index contributed by atoms with van der Waals surface area (Å²) in [5.74, 6) is -2.61. The Morgan fingerprint density at radius 1 is 1.11 bits per heavy atom. The summed E-state index contributed by atoms with van der Waals surface area (Å²) in [4.78, 5) is 35.0. The molecule has 0 saturated heterocycles. The number of methoxy groups -OCH3 is 1. The van der Waals surface area contributed by atoms with Gasteiger partial charge in [0.25, 0.3) is 0 Å². The molecule has 2 aromatic rings. The van der Waals surface area contributed by atoms with Crippen LogP contribution in [-0.2, 0) is 16.0 Å². The Morgan fingerprint density at radius 3 is 2.36 bits per heavy atom. The van der Waals surface area contributed by atoms with Gasteiger partial charge in [-0.05, 0) is 42.3 Å². The molecule has 7 heteroatoms. The fraction of sp³-hybridized carbons (Fsp3) is 0.286. The molecule has 0 aliphatic carbocycles. The summed E-state index contributed by atoms with van der Waals surface area (Å²) < 4.78 is 18.5. The number of carbonyl (C=O) groups is 3. The molecule has 0 spiro atoms. The molecule has 0 aliphatic heterocycles. The van der Waals surface area contributed by atoms with Gasteiger partial charge < -0.3 is 15.2 Å². The zero-order valence-corrected chi connectivity index (χ0v) is 15.7. The number of benzene rings is 2. The summed E-state index contributed by atoms with van der Waals surface area (Å²) >= 11 is 0. The first-order valence-corrected chi connectivity index (χ1v) is 8.78. The minimum absolute atomic E-state index is 0.0374. The van der Waals surface area contributed by atoms with Crippen molar-refractivity contribution >= 4 is 23.3 Å². The molecule has 2 N–H and O–H groups in total. The Hall–Kier alpha value is -3.22. The molecule has 1 amide bonds. The molecule has 0 bridgehead atoms. The summed E-state index contributed by atoms with van der Waals surface area (Å²) in [6, 6.07) is 10.8. The molecule has 0 aromatic heterocycles. The van der Waals surface area contributed by atoms with Crippen LogP contribution < -0.4 is 10.1 Å². The second-order valence-electron chi connectivity index (χ2n) is 6.46. The lowest BCUT2D eigenvalue weighted by atomic mass is 10.0. The van der Waals surface area contributed by atoms with Gasteiger partial charge in [0.2, 0.25) is 5.91 Å². The van der Waals surface area contributed by atoms with Gasteiger partial charge in [0.05, 0.1) is 13.0 Å². The number of carboxylic acid groups (broad SMARTS) is 1. The first-order valence-electron chi connectivity index (χ1n) is 8.78. The Kier molecular flexibility index (Phi) is 7.26. The molecule has 0 fully saturated rings. The molecule has 0 aliphatic rings. The van der Waals surface area contributed by atoms with Gasteiger partial charge in [0.15, 0.2) is 17.3 Å². The summed E-state index contributed by atoms with van der Waals surface area (Å²) in [5.41, 5.74) is 1.59. The largest absolute Gasteiger partial charge is 0.494 e. The fourth-order valence-corrected chi connectivity index (χ4v) is 2.60. The molecule has 148 valence electrons. The highest BCUT2D eigenvalue weighted by Gasteiger charge is 2.13. The van der Waals surface area contributed by atoms with Gasteiger partial charge in [-0.1, -0.05) is 19.1 Å². The third-order valence-electron chi connectivity index (χ3n) is 4.25. The van der Waals surface area contributed by atoms with E-state index in [1.165, 1.54) is 19.2 Å². The van der Waals surface area contributed by atoms with Crippen molar-refractivity contribution in [2.24, 2.45) is 5.92 Å². The van der Waals surface area contributed by atoms with Crippen LogP contribution in [-0.4, -0.2) is 29.9 Å². The van der Waals surface area contributed by atoms with Gasteiger partial charge in [0, 0.05) is 24.1 Å². The van der Waals surface area contributed by atoms with Crippen LogP contribution in [0.2, 0.25) is 0 Å². The molecular weight excluding hydrogens is 365 g/mol. The van der Waals surface area contributed by atoms with Crippen LogP contribution in [0.5, 0.6) is 5.75 Å². The smallest absolute Gasteiger partial charge is 0.306 e. The van der Waals surface area contributed by atoms with Crippen molar-refractivity contribution in [3.05, 3.63) is 59.4 Å². The third kappa shape index (κ3) is 5.90. The highest BCUT2D eigenvalue weighted by atomic mass is 19.1. The van der Waals surface area contributed by atoms with Crippen molar-refractivity contribution in [1.82, 2.24) is 0 Å². The number of carboxylic acids is 1. The monoisotopic (exact) mass is 387 g/mol. The van der Waals surface area contributed by atoms with Crippen molar-refractivity contribution in [3.63, 3.8) is 0 Å². The Bertz CT molecular complexity index is 864. The molecule has 28 heavy (non-hydrogen) atoms. The van der Waals surface area contributed by atoms with E-state index in [-0.39, 0.29) is 35.8 Å². The number of ketones is 1. The van der Waals surface area contributed by atoms with Crippen LogP contribution in [0.3, 0.4) is 0 Å². The molecule has 1 atom stereocenters. The number of nitrogens with one attached hydrogen (secondary N) is 1. The normalized spacial score (nSPS) is 11.5. The van der Waals surface area contributed by atoms with Crippen molar-refractivity contribution in [2.75, 3.05) is 12.4 Å². The highest BCUT2D eigenvalue weighted by Crippen LogP contribution is 2.19. The fourth-order valence-electron chi connectivity index (χ4n) is 2.60.